The van der Waals surface area contributed by atoms with Gasteiger partial charge in [0.1, 0.15) is 0 Å². The second-order valence-corrected chi connectivity index (χ2v) is 4.23. The first-order valence-corrected chi connectivity index (χ1v) is 5.73. The van der Waals surface area contributed by atoms with Gasteiger partial charge in [-0.15, -0.1) is 5.10 Å². The van der Waals surface area contributed by atoms with Gasteiger partial charge in [-0.1, -0.05) is 22.2 Å². The van der Waals surface area contributed by atoms with Crippen LogP contribution in [0.4, 0.5) is 5.69 Å². The molecule has 2 aromatic rings. The SMILES string of the molecule is Cc1ccc(NCc2csnn2)cc1Cl. The predicted octanol–water partition coefficient (Wildman–Crippen LogP) is 3.11. The predicted molar refractivity (Wildman–Crippen MR) is 63.4 cm³/mol. The molecule has 0 saturated carbocycles. The van der Waals surface area contributed by atoms with Crippen LogP contribution in [0.15, 0.2) is 23.6 Å². The second kappa shape index (κ2) is 4.59. The third-order valence-electron chi connectivity index (χ3n) is 2.05. The van der Waals surface area contributed by atoms with Crippen LogP contribution < -0.4 is 5.32 Å². The molecule has 78 valence electrons. The van der Waals surface area contributed by atoms with Gasteiger partial charge in [0.05, 0.1) is 12.2 Å². The van der Waals surface area contributed by atoms with Crippen molar-refractivity contribution in [2.45, 2.75) is 13.5 Å². The van der Waals surface area contributed by atoms with E-state index in [-0.39, 0.29) is 0 Å². The first-order chi connectivity index (χ1) is 7.25. The smallest absolute Gasteiger partial charge is 0.0946 e. The Kier molecular flexibility index (Phi) is 3.18. The minimum atomic E-state index is 0.676. The lowest BCUT2D eigenvalue weighted by atomic mass is 10.2. The molecule has 0 atom stereocenters. The van der Waals surface area contributed by atoms with E-state index in [1.807, 2.05) is 30.5 Å². The van der Waals surface area contributed by atoms with Gasteiger partial charge in [0, 0.05) is 16.1 Å². The molecule has 3 nitrogen and oxygen atoms in total. The number of hydrogen-bond acceptors (Lipinski definition) is 4. The maximum absolute atomic E-state index is 6.01. The summed E-state index contributed by atoms with van der Waals surface area (Å²) in [4.78, 5) is 0. The van der Waals surface area contributed by atoms with Crippen LogP contribution in [0.25, 0.3) is 0 Å². The first-order valence-electron chi connectivity index (χ1n) is 4.51. The summed E-state index contributed by atoms with van der Waals surface area (Å²) >= 11 is 7.36. The third-order valence-corrected chi connectivity index (χ3v) is 3.01. The van der Waals surface area contributed by atoms with Crippen LogP contribution >= 0.6 is 23.1 Å². The Balaban J connectivity index is 2.02. The molecule has 1 aromatic heterocycles. The Bertz CT molecular complexity index is 442. The molecule has 0 fully saturated rings. The zero-order valence-corrected chi connectivity index (χ0v) is 9.77. The van der Waals surface area contributed by atoms with Crippen LogP contribution in [0.3, 0.4) is 0 Å². The van der Waals surface area contributed by atoms with E-state index in [1.165, 1.54) is 11.5 Å². The Morgan fingerprint density at radius 1 is 1.47 bits per heavy atom. The van der Waals surface area contributed by atoms with Gasteiger partial charge in [0.2, 0.25) is 0 Å². The minimum Gasteiger partial charge on any atom is -0.379 e. The van der Waals surface area contributed by atoms with E-state index in [2.05, 4.69) is 14.9 Å². The molecule has 2 rings (SSSR count). The number of anilines is 1. The molecular formula is C10H10ClN3S. The van der Waals surface area contributed by atoms with Crippen molar-refractivity contribution >= 4 is 28.8 Å². The number of aryl methyl sites for hydroxylation is 1. The summed E-state index contributed by atoms with van der Waals surface area (Å²) in [5.41, 5.74) is 3.02. The molecular weight excluding hydrogens is 230 g/mol. The summed E-state index contributed by atoms with van der Waals surface area (Å²) in [6.45, 7) is 2.66. The highest BCUT2D eigenvalue weighted by molar-refractivity contribution is 7.03. The van der Waals surface area contributed by atoms with E-state index in [9.17, 15) is 0 Å². The summed E-state index contributed by atoms with van der Waals surface area (Å²) in [5.74, 6) is 0. The van der Waals surface area contributed by atoms with E-state index < -0.39 is 0 Å². The van der Waals surface area contributed by atoms with Gasteiger partial charge in [-0.25, -0.2) is 0 Å². The summed E-state index contributed by atoms with van der Waals surface area (Å²) in [6, 6.07) is 5.90. The van der Waals surface area contributed by atoms with Crippen LogP contribution in [0.1, 0.15) is 11.3 Å². The van der Waals surface area contributed by atoms with E-state index in [4.69, 9.17) is 11.6 Å². The van der Waals surface area contributed by atoms with Gasteiger partial charge in [0.25, 0.3) is 0 Å². The Hall–Kier alpha value is -1.13. The van der Waals surface area contributed by atoms with Gasteiger partial charge in [-0.3, -0.25) is 0 Å². The molecule has 0 amide bonds. The first kappa shape index (κ1) is 10.4. The lowest BCUT2D eigenvalue weighted by Gasteiger charge is -2.05. The number of aromatic nitrogens is 2. The average Bonchev–Trinajstić information content (AvgIpc) is 2.73. The third kappa shape index (κ3) is 2.67. The van der Waals surface area contributed by atoms with Gasteiger partial charge < -0.3 is 5.32 Å². The fraction of sp³-hybridized carbons (Fsp3) is 0.200. The molecule has 0 radical (unpaired) electrons. The number of halogens is 1. The lowest BCUT2D eigenvalue weighted by Crippen LogP contribution is -1.99. The van der Waals surface area contributed by atoms with Gasteiger partial charge >= 0.3 is 0 Å². The molecule has 0 aliphatic carbocycles. The van der Waals surface area contributed by atoms with Crippen LogP contribution in [0.5, 0.6) is 0 Å². The largest absolute Gasteiger partial charge is 0.379 e. The quantitative estimate of drug-likeness (QED) is 0.895. The molecule has 0 saturated heterocycles. The van der Waals surface area contributed by atoms with Gasteiger partial charge in [-0.05, 0) is 36.2 Å². The Morgan fingerprint density at radius 2 is 2.33 bits per heavy atom. The minimum absolute atomic E-state index is 0.676. The summed E-state index contributed by atoms with van der Waals surface area (Å²) in [6.07, 6.45) is 0. The molecule has 1 heterocycles. The van der Waals surface area contributed by atoms with Crippen LogP contribution in [-0.4, -0.2) is 9.59 Å². The molecule has 0 aliphatic heterocycles. The Morgan fingerprint density at radius 3 is 3.00 bits per heavy atom. The van der Waals surface area contributed by atoms with Crippen molar-refractivity contribution < 1.29 is 0 Å². The average molecular weight is 240 g/mol. The number of hydrogen-bond donors (Lipinski definition) is 1. The maximum Gasteiger partial charge on any atom is 0.0946 e. The molecule has 1 N–H and O–H groups in total. The number of nitrogens with one attached hydrogen (secondary N) is 1. The molecule has 0 bridgehead atoms. The second-order valence-electron chi connectivity index (χ2n) is 3.21. The topological polar surface area (TPSA) is 37.8 Å². The highest BCUT2D eigenvalue weighted by Crippen LogP contribution is 2.20. The molecule has 1 aromatic carbocycles. The van der Waals surface area contributed by atoms with Crippen molar-refractivity contribution in [3.05, 3.63) is 39.9 Å². The molecule has 5 heteroatoms. The number of rotatable bonds is 3. The van der Waals surface area contributed by atoms with Crippen molar-refractivity contribution in [2.75, 3.05) is 5.32 Å². The van der Waals surface area contributed by atoms with Crippen molar-refractivity contribution in [3.63, 3.8) is 0 Å². The summed E-state index contributed by atoms with van der Waals surface area (Å²) < 4.78 is 3.79. The van der Waals surface area contributed by atoms with Crippen LogP contribution in [0.2, 0.25) is 5.02 Å². The fourth-order valence-corrected chi connectivity index (χ4v) is 1.79. The summed E-state index contributed by atoms with van der Waals surface area (Å²) in [5, 5.41) is 9.87. The number of nitrogens with zero attached hydrogens (tertiary/aromatic N) is 2. The normalized spacial score (nSPS) is 10.3. The Labute approximate surface area is 97.3 Å². The van der Waals surface area contributed by atoms with Crippen molar-refractivity contribution in [3.8, 4) is 0 Å². The van der Waals surface area contributed by atoms with Crippen LogP contribution in [0, 0.1) is 6.92 Å². The highest BCUT2D eigenvalue weighted by Gasteiger charge is 1.99. The zero-order valence-electron chi connectivity index (χ0n) is 8.20. The fourth-order valence-electron chi connectivity index (χ4n) is 1.16. The monoisotopic (exact) mass is 239 g/mol. The summed E-state index contributed by atoms with van der Waals surface area (Å²) in [7, 11) is 0. The van der Waals surface area contributed by atoms with Gasteiger partial charge in [0.15, 0.2) is 0 Å². The van der Waals surface area contributed by atoms with E-state index >= 15 is 0 Å². The van der Waals surface area contributed by atoms with E-state index in [1.54, 1.807) is 0 Å². The molecule has 0 aliphatic rings. The highest BCUT2D eigenvalue weighted by atomic mass is 35.5. The van der Waals surface area contributed by atoms with Gasteiger partial charge in [-0.2, -0.15) is 0 Å². The molecule has 0 spiro atoms. The lowest BCUT2D eigenvalue weighted by molar-refractivity contribution is 0.999. The maximum atomic E-state index is 6.01. The zero-order chi connectivity index (χ0) is 10.7. The van der Waals surface area contributed by atoms with Crippen LogP contribution in [-0.2, 0) is 6.54 Å². The standard InChI is InChI=1S/C10H10ClN3S/c1-7-2-3-8(4-10(7)11)12-5-9-6-15-14-13-9/h2-4,6,12H,5H2,1H3. The van der Waals surface area contributed by atoms with Crippen molar-refractivity contribution in [1.29, 1.82) is 0 Å². The van der Waals surface area contributed by atoms with Crippen molar-refractivity contribution in [1.82, 2.24) is 9.59 Å². The van der Waals surface area contributed by atoms with Crippen molar-refractivity contribution in [2.24, 2.45) is 0 Å². The van der Waals surface area contributed by atoms with E-state index in [0.29, 0.717) is 6.54 Å². The molecule has 15 heavy (non-hydrogen) atoms. The van der Waals surface area contributed by atoms with E-state index in [0.717, 1.165) is 22.0 Å². The number of benzene rings is 1. The molecule has 0 unspecified atom stereocenters.